The molecule has 0 radical (unpaired) electrons. The van der Waals surface area contributed by atoms with Crippen LogP contribution in [0, 0.1) is 0 Å². The van der Waals surface area contributed by atoms with Gasteiger partial charge in [-0.15, -0.1) is 0 Å². The van der Waals surface area contributed by atoms with Crippen molar-refractivity contribution in [3.8, 4) is 17.2 Å². The van der Waals surface area contributed by atoms with Crippen LogP contribution in [0.25, 0.3) is 0 Å². The zero-order chi connectivity index (χ0) is 30.3. The number of hydrogen-bond acceptors (Lipinski definition) is 7. The lowest BCUT2D eigenvalue weighted by Crippen LogP contribution is -2.25. The highest BCUT2D eigenvalue weighted by atomic mass is 16.5. The Hall–Kier alpha value is -2.81. The average Bonchev–Trinajstić information content (AvgIpc) is 2.93. The Morgan fingerprint density at radius 3 is 1.90 bits per heavy atom. The molecule has 3 N–H and O–H groups in total. The smallest absolute Gasteiger partial charge is 0.226 e. The Morgan fingerprint density at radius 2 is 1.37 bits per heavy atom. The van der Waals surface area contributed by atoms with E-state index in [1.165, 1.54) is 0 Å². The molecule has 1 atom stereocenters. The number of benzene rings is 2. The zero-order valence-corrected chi connectivity index (χ0v) is 26.5. The molecule has 0 heterocycles. The van der Waals surface area contributed by atoms with Crippen molar-refractivity contribution >= 4 is 11.6 Å². The molecular weight excluding hydrogens is 516 g/mol. The molecule has 1 amide bonds. The number of amides is 1. The van der Waals surface area contributed by atoms with E-state index in [9.17, 15) is 4.79 Å². The molecule has 0 aliphatic heterocycles. The summed E-state index contributed by atoms with van der Waals surface area (Å²) in [5, 5.41) is 3.01. The highest BCUT2D eigenvalue weighted by Gasteiger charge is 2.16. The number of anilines is 1. The minimum Gasteiger partial charge on any atom is -0.493 e. The average molecular weight is 571 g/mol. The quantitative estimate of drug-likeness (QED) is 0.197. The number of nitrogens with two attached hydrogens (primary N) is 1. The third-order valence-electron chi connectivity index (χ3n) is 6.92. The standard InChI is InChI=1S/C33H54N4O4/c1-8-36(9-2)20-12-22-39-28-18-19-30(31(24-28)40-23-13-21-37(10-3)11-4)35-32(38)25-29(34)26-14-16-27(17-15-26)41-33(5,6)7/h14-19,24,29H,8-13,20-23,25,34H2,1-7H3,(H,35,38). The number of carbonyl (C=O) groups excluding carboxylic acids is 1. The Morgan fingerprint density at radius 1 is 0.829 bits per heavy atom. The lowest BCUT2D eigenvalue weighted by Gasteiger charge is -2.21. The summed E-state index contributed by atoms with van der Waals surface area (Å²) >= 11 is 0. The van der Waals surface area contributed by atoms with Crippen molar-refractivity contribution < 1.29 is 19.0 Å². The Kier molecular flexibility index (Phi) is 15.0. The number of hydrogen-bond donors (Lipinski definition) is 2. The normalized spacial score (nSPS) is 12.4. The predicted molar refractivity (Wildman–Crippen MR) is 169 cm³/mol. The van der Waals surface area contributed by atoms with Crippen LogP contribution in [0.2, 0.25) is 0 Å². The highest BCUT2D eigenvalue weighted by Crippen LogP contribution is 2.31. The maximum Gasteiger partial charge on any atom is 0.226 e. The highest BCUT2D eigenvalue weighted by molar-refractivity contribution is 5.92. The van der Waals surface area contributed by atoms with Crippen molar-refractivity contribution in [2.45, 2.75) is 79.4 Å². The van der Waals surface area contributed by atoms with E-state index in [4.69, 9.17) is 19.9 Å². The van der Waals surface area contributed by atoms with Gasteiger partial charge in [0, 0.05) is 31.6 Å². The van der Waals surface area contributed by atoms with Gasteiger partial charge in [-0.1, -0.05) is 39.8 Å². The molecule has 0 aliphatic carbocycles. The first-order valence-corrected chi connectivity index (χ1v) is 15.3. The maximum absolute atomic E-state index is 13.0. The van der Waals surface area contributed by atoms with Gasteiger partial charge in [-0.3, -0.25) is 4.79 Å². The van der Waals surface area contributed by atoms with Gasteiger partial charge in [-0.25, -0.2) is 0 Å². The lowest BCUT2D eigenvalue weighted by molar-refractivity contribution is -0.116. The lowest BCUT2D eigenvalue weighted by atomic mass is 10.0. The van der Waals surface area contributed by atoms with Crippen molar-refractivity contribution in [2.75, 3.05) is 57.8 Å². The van der Waals surface area contributed by atoms with Gasteiger partial charge in [0.1, 0.15) is 22.8 Å². The number of carbonyl (C=O) groups is 1. The molecule has 8 heteroatoms. The molecule has 2 aromatic rings. The van der Waals surface area contributed by atoms with E-state index >= 15 is 0 Å². The van der Waals surface area contributed by atoms with E-state index in [2.05, 4.69) is 42.8 Å². The third-order valence-corrected chi connectivity index (χ3v) is 6.92. The van der Waals surface area contributed by atoms with Gasteiger partial charge in [0.2, 0.25) is 5.91 Å². The Bertz CT molecular complexity index is 1010. The van der Waals surface area contributed by atoms with Crippen LogP contribution in [0.3, 0.4) is 0 Å². The summed E-state index contributed by atoms with van der Waals surface area (Å²) in [5.74, 6) is 1.94. The zero-order valence-electron chi connectivity index (χ0n) is 26.5. The van der Waals surface area contributed by atoms with Crippen molar-refractivity contribution in [1.29, 1.82) is 0 Å². The summed E-state index contributed by atoms with van der Waals surface area (Å²) < 4.78 is 18.1. The van der Waals surface area contributed by atoms with Crippen molar-refractivity contribution in [2.24, 2.45) is 5.73 Å². The van der Waals surface area contributed by atoms with Gasteiger partial charge >= 0.3 is 0 Å². The van der Waals surface area contributed by atoms with Crippen molar-refractivity contribution in [1.82, 2.24) is 9.80 Å². The summed E-state index contributed by atoms with van der Waals surface area (Å²) in [6.45, 7) is 21.9. The Balaban J connectivity index is 2.03. The van der Waals surface area contributed by atoms with Crippen LogP contribution in [0.15, 0.2) is 42.5 Å². The van der Waals surface area contributed by atoms with E-state index in [1.807, 2.05) is 63.2 Å². The molecule has 0 saturated heterocycles. The molecule has 2 rings (SSSR count). The van der Waals surface area contributed by atoms with Gasteiger partial charge in [0.25, 0.3) is 0 Å². The number of ether oxygens (including phenoxy) is 3. The van der Waals surface area contributed by atoms with Crippen LogP contribution in [0.4, 0.5) is 5.69 Å². The molecular formula is C33H54N4O4. The second-order valence-corrected chi connectivity index (χ2v) is 11.3. The van der Waals surface area contributed by atoms with Crippen LogP contribution in [0.1, 0.15) is 79.3 Å². The summed E-state index contributed by atoms with van der Waals surface area (Å²) in [6.07, 6.45) is 1.98. The predicted octanol–water partition coefficient (Wildman–Crippen LogP) is 6.11. The second kappa shape index (κ2) is 17.9. The van der Waals surface area contributed by atoms with Crippen molar-refractivity contribution in [3.05, 3.63) is 48.0 Å². The van der Waals surface area contributed by atoms with E-state index in [0.717, 1.165) is 69.2 Å². The first-order valence-electron chi connectivity index (χ1n) is 15.3. The molecule has 0 spiro atoms. The molecule has 0 aromatic heterocycles. The largest absolute Gasteiger partial charge is 0.493 e. The molecule has 8 nitrogen and oxygen atoms in total. The van der Waals surface area contributed by atoms with Crippen LogP contribution >= 0.6 is 0 Å². The number of rotatable bonds is 19. The van der Waals surface area contributed by atoms with E-state index in [-0.39, 0.29) is 17.9 Å². The second-order valence-electron chi connectivity index (χ2n) is 11.3. The fourth-order valence-electron chi connectivity index (χ4n) is 4.50. The maximum atomic E-state index is 13.0. The van der Waals surface area contributed by atoms with Crippen LogP contribution in [-0.2, 0) is 4.79 Å². The fraction of sp³-hybridized carbons (Fsp3) is 0.606. The Labute approximate surface area is 248 Å². The minimum absolute atomic E-state index is 0.143. The van der Waals surface area contributed by atoms with Gasteiger partial charge in [0.05, 0.1) is 18.9 Å². The molecule has 1 unspecified atom stereocenters. The SMILES string of the molecule is CCN(CC)CCCOc1ccc(NC(=O)CC(N)c2ccc(OC(C)(C)C)cc2)c(OCCCN(CC)CC)c1. The summed E-state index contributed by atoms with van der Waals surface area (Å²) in [4.78, 5) is 17.7. The van der Waals surface area contributed by atoms with E-state index in [1.54, 1.807) is 0 Å². The van der Waals surface area contributed by atoms with E-state index < -0.39 is 6.04 Å². The molecule has 41 heavy (non-hydrogen) atoms. The summed E-state index contributed by atoms with van der Waals surface area (Å²) in [6, 6.07) is 12.8. The van der Waals surface area contributed by atoms with Gasteiger partial charge in [-0.2, -0.15) is 0 Å². The molecule has 0 saturated carbocycles. The van der Waals surface area contributed by atoms with Crippen molar-refractivity contribution in [3.63, 3.8) is 0 Å². The van der Waals surface area contributed by atoms with E-state index in [0.29, 0.717) is 24.7 Å². The van der Waals surface area contributed by atoms with Gasteiger partial charge < -0.3 is 35.1 Å². The summed E-state index contributed by atoms with van der Waals surface area (Å²) in [5.41, 5.74) is 7.61. The first kappa shape index (κ1) is 34.4. The first-order chi connectivity index (χ1) is 19.6. The van der Waals surface area contributed by atoms with Gasteiger partial charge in [0.15, 0.2) is 0 Å². The minimum atomic E-state index is -0.439. The monoisotopic (exact) mass is 570 g/mol. The summed E-state index contributed by atoms with van der Waals surface area (Å²) in [7, 11) is 0. The van der Waals surface area contributed by atoms with Crippen LogP contribution in [-0.4, -0.2) is 73.8 Å². The molecule has 0 fully saturated rings. The molecule has 0 aliphatic rings. The number of nitrogens with zero attached hydrogens (tertiary/aromatic N) is 2. The number of nitrogens with one attached hydrogen (secondary N) is 1. The molecule has 2 aromatic carbocycles. The van der Waals surface area contributed by atoms with Crippen LogP contribution < -0.4 is 25.3 Å². The fourth-order valence-corrected chi connectivity index (χ4v) is 4.50. The topological polar surface area (TPSA) is 89.3 Å². The molecule has 230 valence electrons. The molecule has 0 bridgehead atoms. The third kappa shape index (κ3) is 13.1. The van der Waals surface area contributed by atoms with Crippen LogP contribution in [0.5, 0.6) is 17.2 Å². The van der Waals surface area contributed by atoms with Gasteiger partial charge in [-0.05, 0) is 89.6 Å².